The molecule has 6 heterocycles. The van der Waals surface area contributed by atoms with Crippen molar-refractivity contribution in [3.63, 3.8) is 0 Å². The van der Waals surface area contributed by atoms with Crippen LogP contribution in [0.3, 0.4) is 0 Å². The summed E-state index contributed by atoms with van der Waals surface area (Å²) in [6.45, 7) is 4.70. The fraction of sp³-hybridized carbons (Fsp3) is 0.0227. The first-order valence-electron chi connectivity index (χ1n) is 48.3. The Labute approximate surface area is 812 Å². The second kappa shape index (κ2) is 31.7. The van der Waals surface area contributed by atoms with Crippen molar-refractivity contribution >= 4 is 206 Å². The Morgan fingerprint density at radius 1 is 0.176 bits per heavy atom. The first-order chi connectivity index (χ1) is 70.1. The number of rotatable bonds is 7. The number of nitrogens with zero attached hydrogens (tertiary/aromatic N) is 7. The van der Waals surface area contributed by atoms with Crippen molar-refractivity contribution < 1.29 is 13.3 Å². The highest BCUT2D eigenvalue weighted by atomic mass is 16.3. The van der Waals surface area contributed by atoms with E-state index < -0.39 is 0 Å². The van der Waals surface area contributed by atoms with Gasteiger partial charge in [0.2, 0.25) is 0 Å². The van der Waals surface area contributed by atoms with Crippen LogP contribution in [0.5, 0.6) is 0 Å². The molecule has 0 amide bonds. The van der Waals surface area contributed by atoms with Crippen molar-refractivity contribution in [2.75, 3.05) is 0 Å². The number of furan rings is 3. The summed E-state index contributed by atoms with van der Waals surface area (Å²) in [7, 11) is 0. The molecule has 1 aliphatic rings. The smallest absolute Gasteiger partial charge is 0.164 e. The summed E-state index contributed by atoms with van der Waals surface area (Å²) in [5.41, 5.74) is 25.0. The van der Waals surface area contributed by atoms with E-state index in [2.05, 4.69) is 360 Å². The van der Waals surface area contributed by atoms with E-state index in [4.69, 9.17) is 48.1 Å². The molecule has 0 aliphatic heterocycles. The van der Waals surface area contributed by atoms with Gasteiger partial charge in [-0.25, -0.2) is 34.9 Å². The number of fused-ring (bicyclic) bond motifs is 35. The molecule has 30 aromatic rings. The molecule has 142 heavy (non-hydrogen) atoms. The highest BCUT2D eigenvalue weighted by Gasteiger charge is 2.36. The molecule has 0 unspecified atom stereocenters. The van der Waals surface area contributed by atoms with E-state index in [9.17, 15) is 0 Å². The second-order valence-electron chi connectivity index (χ2n) is 37.9. The monoisotopic (exact) mass is 1810 g/mol. The molecule has 0 spiro atoms. The average molecular weight is 1810 g/mol. The normalized spacial score (nSPS) is 12.5. The highest BCUT2D eigenvalue weighted by Crippen LogP contribution is 2.53. The molecule has 1 aliphatic carbocycles. The van der Waals surface area contributed by atoms with Gasteiger partial charge in [-0.15, -0.1) is 0 Å². The summed E-state index contributed by atoms with van der Waals surface area (Å²) in [6, 6.07) is 156. The summed E-state index contributed by atoms with van der Waals surface area (Å²) < 4.78 is 18.9. The van der Waals surface area contributed by atoms with E-state index in [0.717, 1.165) is 177 Å². The molecule has 0 bridgehead atoms. The molecular weight excluding hydrogens is 1730 g/mol. The maximum absolute atomic E-state index is 6.48. The Hall–Kier alpha value is -18.8. The first-order valence-corrected chi connectivity index (χ1v) is 48.3. The quantitative estimate of drug-likeness (QED) is 0.142. The zero-order valence-corrected chi connectivity index (χ0v) is 77.0. The minimum absolute atomic E-state index is 0.0224. The van der Waals surface area contributed by atoms with Gasteiger partial charge in [0.05, 0.1) is 44.8 Å². The lowest BCUT2D eigenvalue weighted by Crippen LogP contribution is -2.14. The molecule has 0 atom stereocenters. The number of benzene rings is 24. The molecule has 660 valence electrons. The van der Waals surface area contributed by atoms with Crippen LogP contribution in [0.15, 0.2) is 456 Å². The van der Waals surface area contributed by atoms with E-state index in [1.54, 1.807) is 0 Å². The molecule has 10 heteroatoms. The van der Waals surface area contributed by atoms with E-state index in [1.165, 1.54) is 114 Å². The molecule has 0 N–H and O–H groups in total. The predicted molar refractivity (Wildman–Crippen MR) is 589 cm³/mol. The maximum Gasteiger partial charge on any atom is 0.164 e. The van der Waals surface area contributed by atoms with Crippen LogP contribution in [0.2, 0.25) is 0 Å². The van der Waals surface area contributed by atoms with Crippen molar-refractivity contribution in [3.8, 4) is 90.3 Å². The number of para-hydroxylation sites is 3. The van der Waals surface area contributed by atoms with E-state index in [-0.39, 0.29) is 5.41 Å². The van der Waals surface area contributed by atoms with Crippen LogP contribution in [-0.2, 0) is 5.41 Å². The molecular formula is C132H79N7O3. The Kier molecular flexibility index (Phi) is 17.9. The van der Waals surface area contributed by atoms with Gasteiger partial charge in [-0.2, -0.15) is 0 Å². The van der Waals surface area contributed by atoms with Crippen LogP contribution < -0.4 is 0 Å². The third kappa shape index (κ3) is 12.8. The topological polar surface area (TPSA) is 130 Å². The zero-order chi connectivity index (χ0) is 93.5. The minimum atomic E-state index is -0.0224. The van der Waals surface area contributed by atoms with Gasteiger partial charge in [-0.1, -0.05) is 378 Å². The van der Waals surface area contributed by atoms with Crippen molar-refractivity contribution in [1.29, 1.82) is 0 Å². The molecule has 0 saturated carbocycles. The van der Waals surface area contributed by atoms with Gasteiger partial charge in [-0.05, 0) is 203 Å². The lowest BCUT2D eigenvalue weighted by atomic mass is 9.81. The van der Waals surface area contributed by atoms with Crippen molar-refractivity contribution in [2.24, 2.45) is 0 Å². The summed E-state index contributed by atoms with van der Waals surface area (Å²) in [5.74, 6) is 1.83. The van der Waals surface area contributed by atoms with Crippen molar-refractivity contribution in [3.05, 3.63) is 454 Å². The standard InChI is InChI=1S/C45H25N3O2.C45H30N2.C42H24N2O/c1-2-11-26(12-3-1)43-46-44(48-45(47-43)35-17-10-20-38-40(35)32-15-6-8-18-36(32)49-38)28-22-23-29-27(25-28)21-24-34-39(29)30-13-4-5-14-31(30)42-41(34)33-16-7-9-19-37(33)50-42;1-45(2)38-15-9-8-14-35(38)37-26-36-31(25-39(37)45)19-17-28-16-18-30-24-32(20-22-33(30)41(28)36)43-42(29-11-4-3-5-12-29)46-40-23-21-27-10-6-7-13-34(27)44(40)47-43;1-2-9-27(10-3-1)40-41(44-42-32-11-5-4-8-25(32)19-21-36(42)43-40)30-18-20-31-28(22-30)16-14-26-15-17-29-23-38-35(24-34(29)39(26)31)33-12-6-7-13-37(33)45-38/h1-25H;3-26H,1-2H3;1-24H. The molecule has 10 nitrogen and oxygen atoms in total. The fourth-order valence-corrected chi connectivity index (χ4v) is 22.7. The van der Waals surface area contributed by atoms with Crippen molar-refractivity contribution in [1.82, 2.24) is 34.9 Å². The predicted octanol–water partition coefficient (Wildman–Crippen LogP) is 35.5. The number of aromatic nitrogens is 7. The molecule has 6 aromatic heterocycles. The Morgan fingerprint density at radius 3 is 1.20 bits per heavy atom. The lowest BCUT2D eigenvalue weighted by molar-refractivity contribution is 0.661. The molecule has 24 aromatic carbocycles. The van der Waals surface area contributed by atoms with E-state index in [1.807, 2.05) is 97.1 Å². The number of hydrogen-bond donors (Lipinski definition) is 0. The van der Waals surface area contributed by atoms with Gasteiger partial charge in [0, 0.05) is 92.8 Å². The SMILES string of the molecule is CC1(C)c2ccccc2-c2cc3c(ccc4ccc5cc(-c6nc7c(ccc8ccccc87)nc6-c6ccccc6)ccc5c43)cc21.c1ccc(-c2nc(-c3ccc4c(ccc5c4c4ccccc4c4oc6ccccc6c54)c3)nc(-c3cccc4oc5ccccc5c34)n2)cc1.c1ccc(-c2nc3ccc4ccccc4c3nc2-c2ccc3c(ccc4ccc5cc6oc7ccccc7c6cc5c43)c2)cc1. The van der Waals surface area contributed by atoms with Crippen LogP contribution in [0.4, 0.5) is 0 Å². The van der Waals surface area contributed by atoms with Gasteiger partial charge in [0.1, 0.15) is 33.5 Å². The third-order valence-electron chi connectivity index (χ3n) is 29.5. The zero-order valence-electron chi connectivity index (χ0n) is 77.0. The van der Waals surface area contributed by atoms with Gasteiger partial charge < -0.3 is 13.3 Å². The lowest BCUT2D eigenvalue weighted by Gasteiger charge is -2.22. The minimum Gasteiger partial charge on any atom is -0.456 e. The van der Waals surface area contributed by atoms with Gasteiger partial charge >= 0.3 is 0 Å². The summed E-state index contributed by atoms with van der Waals surface area (Å²) in [5, 5.41) is 32.9. The van der Waals surface area contributed by atoms with E-state index in [0.29, 0.717) is 17.5 Å². The molecule has 0 fully saturated rings. The third-order valence-corrected chi connectivity index (χ3v) is 29.5. The molecule has 0 radical (unpaired) electrons. The Morgan fingerprint density at radius 2 is 0.585 bits per heavy atom. The fourth-order valence-electron chi connectivity index (χ4n) is 22.7. The molecule has 0 saturated heterocycles. The van der Waals surface area contributed by atoms with Crippen LogP contribution in [0.25, 0.3) is 297 Å². The van der Waals surface area contributed by atoms with Crippen molar-refractivity contribution in [2.45, 2.75) is 19.3 Å². The number of hydrogen-bond acceptors (Lipinski definition) is 10. The highest BCUT2D eigenvalue weighted by molar-refractivity contribution is 6.35. The Bertz CT molecular complexity index is 10600. The van der Waals surface area contributed by atoms with Crippen LogP contribution >= 0.6 is 0 Å². The average Bonchev–Trinajstić information content (AvgIpc) is 1.53. The van der Waals surface area contributed by atoms with Crippen LogP contribution in [-0.4, -0.2) is 34.9 Å². The van der Waals surface area contributed by atoms with Crippen LogP contribution in [0.1, 0.15) is 25.0 Å². The summed E-state index contributed by atoms with van der Waals surface area (Å²) in [4.78, 5) is 36.5. The van der Waals surface area contributed by atoms with Gasteiger partial charge in [0.15, 0.2) is 17.5 Å². The van der Waals surface area contributed by atoms with Gasteiger partial charge in [-0.3, -0.25) is 0 Å². The maximum atomic E-state index is 6.48. The largest absolute Gasteiger partial charge is 0.456 e. The summed E-state index contributed by atoms with van der Waals surface area (Å²) >= 11 is 0. The Balaban J connectivity index is 0.000000102. The van der Waals surface area contributed by atoms with E-state index >= 15 is 0 Å². The second-order valence-corrected chi connectivity index (χ2v) is 37.9. The first kappa shape index (κ1) is 80.5. The van der Waals surface area contributed by atoms with Gasteiger partial charge in [0.25, 0.3) is 0 Å². The van der Waals surface area contributed by atoms with Crippen LogP contribution in [0, 0.1) is 0 Å². The summed E-state index contributed by atoms with van der Waals surface area (Å²) in [6.07, 6.45) is 0. The molecule has 31 rings (SSSR count).